The highest BCUT2D eigenvalue weighted by molar-refractivity contribution is 5.95. The van der Waals surface area contributed by atoms with Crippen molar-refractivity contribution in [1.82, 2.24) is 10.2 Å². The molecule has 0 spiro atoms. The molecule has 2 aromatic carbocycles. The molecule has 0 aromatic heterocycles. The lowest BCUT2D eigenvalue weighted by atomic mass is 10.1. The van der Waals surface area contributed by atoms with Gasteiger partial charge in [-0.2, -0.15) is 0 Å². The molecule has 0 atom stereocenters. The predicted octanol–water partition coefficient (Wildman–Crippen LogP) is 2.33. The lowest BCUT2D eigenvalue weighted by Gasteiger charge is -2.28. The summed E-state index contributed by atoms with van der Waals surface area (Å²) in [4.78, 5) is 14.6. The number of nitrogens with zero attached hydrogens (tertiary/aromatic N) is 1. The Bertz CT molecular complexity index is 718. The number of hydrogen-bond donors (Lipinski definition) is 1. The van der Waals surface area contributed by atoms with Gasteiger partial charge in [-0.1, -0.05) is 30.3 Å². The van der Waals surface area contributed by atoms with Crippen molar-refractivity contribution in [3.8, 4) is 17.2 Å². The molecular formula is C20H24N2O4. The van der Waals surface area contributed by atoms with Crippen molar-refractivity contribution in [2.45, 2.75) is 6.61 Å². The Morgan fingerprint density at radius 1 is 1.04 bits per heavy atom. The number of amides is 1. The first-order valence-corrected chi connectivity index (χ1v) is 8.65. The SMILES string of the molecule is COc1cc(C(=O)N2CCNCC2)cc(OC)c1OCc1ccccc1. The van der Waals surface area contributed by atoms with Crippen LogP contribution in [0.4, 0.5) is 0 Å². The molecular weight excluding hydrogens is 332 g/mol. The zero-order chi connectivity index (χ0) is 18.4. The van der Waals surface area contributed by atoms with E-state index < -0.39 is 0 Å². The first-order valence-electron chi connectivity index (χ1n) is 8.65. The van der Waals surface area contributed by atoms with Crippen LogP contribution in [-0.4, -0.2) is 51.2 Å². The fourth-order valence-electron chi connectivity index (χ4n) is 2.93. The van der Waals surface area contributed by atoms with Crippen molar-refractivity contribution in [2.24, 2.45) is 0 Å². The Labute approximate surface area is 153 Å². The number of nitrogens with one attached hydrogen (secondary N) is 1. The topological polar surface area (TPSA) is 60.0 Å². The molecule has 1 N–H and O–H groups in total. The molecule has 1 aliphatic rings. The Morgan fingerprint density at radius 2 is 1.65 bits per heavy atom. The molecule has 0 bridgehead atoms. The van der Waals surface area contributed by atoms with E-state index in [1.54, 1.807) is 26.4 Å². The minimum Gasteiger partial charge on any atom is -0.493 e. The summed E-state index contributed by atoms with van der Waals surface area (Å²) in [5, 5.41) is 3.24. The van der Waals surface area contributed by atoms with Gasteiger partial charge < -0.3 is 24.4 Å². The number of hydrogen-bond acceptors (Lipinski definition) is 5. The summed E-state index contributed by atoms with van der Waals surface area (Å²) in [5.74, 6) is 1.44. The minimum atomic E-state index is -0.0299. The second-order valence-corrected chi connectivity index (χ2v) is 6.03. The quantitative estimate of drug-likeness (QED) is 0.861. The van der Waals surface area contributed by atoms with Crippen LogP contribution < -0.4 is 19.5 Å². The van der Waals surface area contributed by atoms with Crippen LogP contribution >= 0.6 is 0 Å². The summed E-state index contributed by atoms with van der Waals surface area (Å²) in [6.45, 7) is 3.38. The molecule has 2 aromatic rings. The molecule has 1 fully saturated rings. The third-order valence-electron chi connectivity index (χ3n) is 4.34. The highest BCUT2D eigenvalue weighted by atomic mass is 16.5. The van der Waals surface area contributed by atoms with E-state index >= 15 is 0 Å². The fraction of sp³-hybridized carbons (Fsp3) is 0.350. The van der Waals surface area contributed by atoms with E-state index in [9.17, 15) is 4.79 Å². The molecule has 0 radical (unpaired) electrons. The molecule has 1 saturated heterocycles. The van der Waals surface area contributed by atoms with Crippen LogP contribution in [0.5, 0.6) is 17.2 Å². The summed E-state index contributed by atoms with van der Waals surface area (Å²) >= 11 is 0. The molecule has 0 unspecified atom stereocenters. The molecule has 0 aliphatic carbocycles. The van der Waals surface area contributed by atoms with Crippen LogP contribution in [0.15, 0.2) is 42.5 Å². The van der Waals surface area contributed by atoms with Gasteiger partial charge in [-0.3, -0.25) is 4.79 Å². The molecule has 6 heteroatoms. The molecule has 6 nitrogen and oxygen atoms in total. The van der Waals surface area contributed by atoms with Crippen molar-refractivity contribution in [3.05, 3.63) is 53.6 Å². The van der Waals surface area contributed by atoms with E-state index in [0.717, 1.165) is 18.7 Å². The van der Waals surface area contributed by atoms with Gasteiger partial charge >= 0.3 is 0 Å². The maximum Gasteiger partial charge on any atom is 0.254 e. The largest absolute Gasteiger partial charge is 0.493 e. The van der Waals surface area contributed by atoms with Gasteiger partial charge in [0.2, 0.25) is 5.75 Å². The predicted molar refractivity (Wildman–Crippen MR) is 99.1 cm³/mol. The van der Waals surface area contributed by atoms with Crippen LogP contribution in [0.2, 0.25) is 0 Å². The normalized spacial score (nSPS) is 14.0. The van der Waals surface area contributed by atoms with Crippen LogP contribution in [0.3, 0.4) is 0 Å². The minimum absolute atomic E-state index is 0.0299. The summed E-state index contributed by atoms with van der Waals surface area (Å²) < 4.78 is 16.9. The molecule has 3 rings (SSSR count). The first kappa shape index (κ1) is 18.1. The number of carbonyl (C=O) groups excluding carboxylic acids is 1. The van der Waals surface area contributed by atoms with E-state index in [0.29, 0.717) is 42.5 Å². The number of methoxy groups -OCH3 is 2. The Kier molecular flexibility index (Phi) is 5.96. The lowest BCUT2D eigenvalue weighted by Crippen LogP contribution is -2.46. The number of ether oxygens (including phenoxy) is 3. The second kappa shape index (κ2) is 8.58. The van der Waals surface area contributed by atoms with Gasteiger partial charge in [0.1, 0.15) is 6.61 Å². The monoisotopic (exact) mass is 356 g/mol. The lowest BCUT2D eigenvalue weighted by molar-refractivity contribution is 0.0735. The zero-order valence-corrected chi connectivity index (χ0v) is 15.2. The van der Waals surface area contributed by atoms with Crippen LogP contribution in [0, 0.1) is 0 Å². The molecule has 1 aliphatic heterocycles. The molecule has 138 valence electrons. The first-order chi connectivity index (χ1) is 12.7. The average molecular weight is 356 g/mol. The summed E-state index contributed by atoms with van der Waals surface area (Å²) in [6.07, 6.45) is 0. The molecule has 1 amide bonds. The van der Waals surface area contributed by atoms with Gasteiger partial charge in [-0.15, -0.1) is 0 Å². The smallest absolute Gasteiger partial charge is 0.254 e. The standard InChI is InChI=1S/C20H24N2O4/c1-24-17-12-16(20(23)22-10-8-21-9-11-22)13-18(25-2)19(17)26-14-15-6-4-3-5-7-15/h3-7,12-13,21H,8-11,14H2,1-2H3. The molecule has 26 heavy (non-hydrogen) atoms. The highest BCUT2D eigenvalue weighted by Crippen LogP contribution is 2.39. The van der Waals surface area contributed by atoms with E-state index in [1.807, 2.05) is 35.2 Å². The van der Waals surface area contributed by atoms with Gasteiger partial charge in [0.25, 0.3) is 5.91 Å². The zero-order valence-electron chi connectivity index (χ0n) is 15.2. The number of carbonyl (C=O) groups is 1. The van der Waals surface area contributed by atoms with Crippen molar-refractivity contribution in [3.63, 3.8) is 0 Å². The maximum atomic E-state index is 12.8. The average Bonchev–Trinajstić information content (AvgIpc) is 2.72. The van der Waals surface area contributed by atoms with Gasteiger partial charge in [0.05, 0.1) is 14.2 Å². The number of rotatable bonds is 6. The van der Waals surface area contributed by atoms with E-state index in [4.69, 9.17) is 14.2 Å². The van der Waals surface area contributed by atoms with Crippen molar-refractivity contribution < 1.29 is 19.0 Å². The third-order valence-corrected chi connectivity index (χ3v) is 4.34. The van der Waals surface area contributed by atoms with Gasteiger partial charge in [-0.25, -0.2) is 0 Å². The third kappa shape index (κ3) is 4.08. The number of piperazine rings is 1. The number of benzene rings is 2. The Balaban J connectivity index is 1.84. The van der Waals surface area contributed by atoms with E-state index in [-0.39, 0.29) is 5.91 Å². The van der Waals surface area contributed by atoms with Crippen LogP contribution in [0.1, 0.15) is 15.9 Å². The van der Waals surface area contributed by atoms with Gasteiger partial charge in [-0.05, 0) is 17.7 Å². The molecule has 0 saturated carbocycles. The van der Waals surface area contributed by atoms with Crippen LogP contribution in [0.25, 0.3) is 0 Å². The second-order valence-electron chi connectivity index (χ2n) is 6.03. The van der Waals surface area contributed by atoms with Crippen molar-refractivity contribution in [2.75, 3.05) is 40.4 Å². The maximum absolute atomic E-state index is 12.8. The summed E-state index contributed by atoms with van der Waals surface area (Å²) in [7, 11) is 3.12. The van der Waals surface area contributed by atoms with Gasteiger partial charge in [0.15, 0.2) is 11.5 Å². The highest BCUT2D eigenvalue weighted by Gasteiger charge is 2.22. The van der Waals surface area contributed by atoms with Crippen LogP contribution in [-0.2, 0) is 6.61 Å². The summed E-state index contributed by atoms with van der Waals surface area (Å²) in [5.41, 5.74) is 1.57. The van der Waals surface area contributed by atoms with E-state index in [1.165, 1.54) is 0 Å². The fourth-order valence-corrected chi connectivity index (χ4v) is 2.93. The van der Waals surface area contributed by atoms with Crippen molar-refractivity contribution >= 4 is 5.91 Å². The Morgan fingerprint density at radius 3 is 2.23 bits per heavy atom. The van der Waals surface area contributed by atoms with E-state index in [2.05, 4.69) is 5.32 Å². The Hall–Kier alpha value is -2.73. The van der Waals surface area contributed by atoms with Gasteiger partial charge in [0, 0.05) is 31.7 Å². The molecule has 1 heterocycles. The summed E-state index contributed by atoms with van der Waals surface area (Å²) in [6, 6.07) is 13.3. The van der Waals surface area contributed by atoms with Crippen molar-refractivity contribution in [1.29, 1.82) is 0 Å².